The highest BCUT2D eigenvalue weighted by Gasteiger charge is 2.58. The highest BCUT2D eigenvalue weighted by Crippen LogP contribution is 2.52. The molecule has 5 aromatic rings. The first-order valence-electron chi connectivity index (χ1n) is 13.7. The van der Waals surface area contributed by atoms with Crippen LogP contribution in [0.15, 0.2) is 59.8 Å². The number of carboxylic acid groups (broad SMARTS) is 1. The molecule has 1 aliphatic heterocycles. The second kappa shape index (κ2) is 10.9. The lowest BCUT2D eigenvalue weighted by atomic mass is 9.72. The lowest BCUT2D eigenvalue weighted by Crippen LogP contribution is -2.51. The first kappa shape index (κ1) is 31.1. The molecule has 15 heteroatoms. The Morgan fingerprint density at radius 2 is 1.87 bits per heavy atom. The van der Waals surface area contributed by atoms with Crippen LogP contribution in [0.25, 0.3) is 22.3 Å². The molecule has 2 aromatic heterocycles. The predicted octanol–water partition coefficient (Wildman–Crippen LogP) is 6.52. The summed E-state index contributed by atoms with van der Waals surface area (Å²) in [5, 5.41) is 8.95. The van der Waals surface area contributed by atoms with Crippen molar-refractivity contribution in [3.8, 4) is 28.6 Å². The molecule has 3 heterocycles. The SMILES string of the molecule is C[C@]1(c2c[nH]c(-c3cc(Oc4c(F)c(F)c5[nH]ccc5c4S(C)(=O)=O)ccc3F)n2)c2cccc(CCC(=O)O)c2OCC1(F)F. The zero-order chi connectivity index (χ0) is 33.2. The van der Waals surface area contributed by atoms with E-state index in [4.69, 9.17) is 14.6 Å². The van der Waals surface area contributed by atoms with E-state index < -0.39 is 61.8 Å². The van der Waals surface area contributed by atoms with Gasteiger partial charge in [-0.25, -0.2) is 31.0 Å². The molecule has 1 aliphatic rings. The summed E-state index contributed by atoms with van der Waals surface area (Å²) in [6, 6.07) is 8.74. The summed E-state index contributed by atoms with van der Waals surface area (Å²) in [5.74, 6) is -9.82. The number of nitrogens with one attached hydrogen (secondary N) is 2. The summed E-state index contributed by atoms with van der Waals surface area (Å²) in [6.45, 7) is 0.211. The number of carboxylic acids is 1. The minimum atomic E-state index is -4.18. The molecule has 0 unspecified atom stereocenters. The maximum Gasteiger partial charge on any atom is 0.303 e. The van der Waals surface area contributed by atoms with Gasteiger partial charge in [-0.15, -0.1) is 0 Å². The molecule has 3 aromatic carbocycles. The Balaban J connectivity index is 1.42. The topological polar surface area (TPSA) is 134 Å². The van der Waals surface area contributed by atoms with Crippen LogP contribution in [-0.2, 0) is 26.5 Å². The number of nitrogens with zero attached hydrogens (tertiary/aromatic N) is 1. The predicted molar refractivity (Wildman–Crippen MR) is 155 cm³/mol. The number of alkyl halides is 2. The van der Waals surface area contributed by atoms with Gasteiger partial charge in [-0.2, -0.15) is 4.39 Å². The van der Waals surface area contributed by atoms with E-state index in [0.29, 0.717) is 5.56 Å². The molecule has 0 aliphatic carbocycles. The molecule has 1 atom stereocenters. The van der Waals surface area contributed by atoms with Crippen LogP contribution < -0.4 is 9.47 Å². The Labute approximate surface area is 257 Å². The summed E-state index contributed by atoms with van der Waals surface area (Å²) in [4.78, 5) is 19.9. The molecule has 3 N–H and O–H groups in total. The van der Waals surface area contributed by atoms with E-state index in [1.807, 2.05) is 0 Å². The number of aliphatic carboxylic acids is 1. The van der Waals surface area contributed by atoms with Crippen LogP contribution in [0.2, 0.25) is 0 Å². The summed E-state index contributed by atoms with van der Waals surface area (Å²) < 4.78 is 113. The first-order valence-corrected chi connectivity index (χ1v) is 15.6. The van der Waals surface area contributed by atoms with E-state index in [0.717, 1.165) is 24.5 Å². The molecule has 0 saturated carbocycles. The highest BCUT2D eigenvalue weighted by atomic mass is 32.2. The van der Waals surface area contributed by atoms with Crippen molar-refractivity contribution in [1.82, 2.24) is 15.0 Å². The second-order valence-electron chi connectivity index (χ2n) is 11.0. The molecule has 46 heavy (non-hydrogen) atoms. The molecule has 0 saturated heterocycles. The van der Waals surface area contributed by atoms with Gasteiger partial charge in [0.2, 0.25) is 5.82 Å². The van der Waals surface area contributed by atoms with Crippen molar-refractivity contribution < 1.29 is 49.7 Å². The quantitative estimate of drug-likeness (QED) is 0.127. The van der Waals surface area contributed by atoms with Crippen molar-refractivity contribution in [2.75, 3.05) is 12.9 Å². The van der Waals surface area contributed by atoms with Gasteiger partial charge in [0.15, 0.2) is 28.0 Å². The molecule has 9 nitrogen and oxygen atoms in total. The third kappa shape index (κ3) is 4.94. The Kier molecular flexibility index (Phi) is 7.34. The average Bonchev–Trinajstić information content (AvgIpc) is 3.68. The number of hydrogen-bond acceptors (Lipinski definition) is 6. The third-order valence-electron chi connectivity index (χ3n) is 8.06. The Morgan fingerprint density at radius 1 is 1.11 bits per heavy atom. The molecule has 0 fully saturated rings. The van der Waals surface area contributed by atoms with Gasteiger partial charge in [-0.1, -0.05) is 18.2 Å². The number of rotatable bonds is 8. The number of para-hydroxylation sites is 1. The van der Waals surface area contributed by atoms with E-state index in [2.05, 4.69) is 15.0 Å². The fourth-order valence-corrected chi connectivity index (χ4v) is 6.67. The van der Waals surface area contributed by atoms with Crippen molar-refractivity contribution >= 4 is 26.7 Å². The Bertz CT molecular complexity index is 2150. The maximum atomic E-state index is 15.7. The molecular weight excluding hydrogens is 637 g/mol. The molecule has 0 bridgehead atoms. The molecule has 0 spiro atoms. The van der Waals surface area contributed by atoms with Gasteiger partial charge in [0.05, 0.1) is 16.8 Å². The van der Waals surface area contributed by atoms with Crippen LogP contribution in [-0.4, -0.2) is 53.2 Å². The van der Waals surface area contributed by atoms with Crippen molar-refractivity contribution in [2.45, 2.75) is 36.0 Å². The third-order valence-corrected chi connectivity index (χ3v) is 9.20. The van der Waals surface area contributed by atoms with Gasteiger partial charge in [0.25, 0.3) is 5.92 Å². The summed E-state index contributed by atoms with van der Waals surface area (Å²) in [6.07, 6.45) is 2.98. The smallest absolute Gasteiger partial charge is 0.303 e. The van der Waals surface area contributed by atoms with Gasteiger partial charge in [0, 0.05) is 36.0 Å². The van der Waals surface area contributed by atoms with Gasteiger partial charge >= 0.3 is 5.97 Å². The first-order chi connectivity index (χ1) is 21.6. The fraction of sp³-hybridized carbons (Fsp3) is 0.226. The number of fused-ring (bicyclic) bond motifs is 2. The normalized spacial score (nSPS) is 17.5. The van der Waals surface area contributed by atoms with E-state index in [1.54, 1.807) is 6.07 Å². The zero-order valence-corrected chi connectivity index (χ0v) is 24.9. The van der Waals surface area contributed by atoms with Crippen LogP contribution in [0.5, 0.6) is 17.2 Å². The van der Waals surface area contributed by atoms with E-state index in [-0.39, 0.29) is 57.9 Å². The van der Waals surface area contributed by atoms with Crippen molar-refractivity contribution in [3.05, 3.63) is 89.1 Å². The number of aryl methyl sites for hydroxylation is 1. The molecule has 0 radical (unpaired) electrons. The highest BCUT2D eigenvalue weighted by molar-refractivity contribution is 7.91. The molecule has 240 valence electrons. The van der Waals surface area contributed by atoms with Gasteiger partial charge < -0.3 is 24.5 Å². The lowest BCUT2D eigenvalue weighted by Gasteiger charge is -2.41. The number of aromatic nitrogens is 3. The summed E-state index contributed by atoms with van der Waals surface area (Å²) in [5.41, 5.74) is -2.51. The molecule has 0 amide bonds. The number of H-pyrrole nitrogens is 2. The van der Waals surface area contributed by atoms with Crippen LogP contribution in [0, 0.1) is 17.5 Å². The monoisotopic (exact) mass is 661 g/mol. The molecular formula is C31H24F5N3O6S. The number of ether oxygens (including phenoxy) is 2. The number of halogens is 5. The van der Waals surface area contributed by atoms with Crippen molar-refractivity contribution in [1.29, 1.82) is 0 Å². The van der Waals surface area contributed by atoms with Crippen LogP contribution in [0.4, 0.5) is 22.0 Å². The fourth-order valence-electron chi connectivity index (χ4n) is 5.63. The van der Waals surface area contributed by atoms with Crippen LogP contribution in [0.3, 0.4) is 0 Å². The van der Waals surface area contributed by atoms with Gasteiger partial charge in [0.1, 0.15) is 33.5 Å². The standard InChI is InChI=1S/C31H24F5N3O6S/c1-30(19-5-3-4-15(6-9-22(40)41)26(19)44-14-31(30,35)36)21-13-38-29(39-21)18-12-16(7-8-20(18)32)45-27-24(34)23(33)25-17(10-11-37-25)28(27)46(2,42)43/h3-5,7-8,10-13,37H,6,9,14H2,1-2H3,(H,38,39)(H,40,41)/t30-/m1/s1. The zero-order valence-electron chi connectivity index (χ0n) is 24.1. The Hall–Kier alpha value is -4.92. The van der Waals surface area contributed by atoms with E-state index in [9.17, 15) is 17.6 Å². The van der Waals surface area contributed by atoms with E-state index >= 15 is 17.6 Å². The largest absolute Gasteiger partial charge is 0.487 e. The maximum absolute atomic E-state index is 15.7. The van der Waals surface area contributed by atoms with Gasteiger partial charge in [-0.3, -0.25) is 4.79 Å². The molecule has 6 rings (SSSR count). The summed E-state index contributed by atoms with van der Waals surface area (Å²) >= 11 is 0. The van der Waals surface area contributed by atoms with Crippen LogP contribution in [0.1, 0.15) is 30.2 Å². The number of carbonyl (C=O) groups is 1. The average molecular weight is 662 g/mol. The minimum Gasteiger partial charge on any atom is -0.487 e. The van der Waals surface area contributed by atoms with Gasteiger partial charge in [-0.05, 0) is 43.2 Å². The minimum absolute atomic E-state index is 0.0343. The number of hydrogen-bond donors (Lipinski definition) is 3. The lowest BCUT2D eigenvalue weighted by molar-refractivity contribution is -0.137. The Morgan fingerprint density at radius 3 is 2.59 bits per heavy atom. The second-order valence-corrected chi connectivity index (χ2v) is 13.0. The van der Waals surface area contributed by atoms with Crippen LogP contribution >= 0.6 is 0 Å². The summed E-state index contributed by atoms with van der Waals surface area (Å²) in [7, 11) is -4.18. The number of sulfone groups is 1. The number of aromatic amines is 2. The van der Waals surface area contributed by atoms with Crippen molar-refractivity contribution in [2.24, 2.45) is 0 Å². The van der Waals surface area contributed by atoms with Crippen molar-refractivity contribution in [3.63, 3.8) is 0 Å². The number of imidazole rings is 1. The van der Waals surface area contributed by atoms with E-state index in [1.165, 1.54) is 37.5 Å². The number of benzene rings is 3.